The largest absolute Gasteiger partial charge is 0.459 e. The standard InChI is InChI=1S/C19H20ClN3O4/c1-13-4-5-14(20)11-15(13)21-17(24)12-18(25)22-6-8-23(9-7-22)19(26)16-3-2-10-27-16/h2-5,10-11H,6-9,12H2,1H3,(H,21,24). The number of aryl methyl sites for hydroxylation is 1. The highest BCUT2D eigenvalue weighted by Gasteiger charge is 2.27. The van der Waals surface area contributed by atoms with Crippen molar-refractivity contribution in [2.45, 2.75) is 13.3 Å². The highest BCUT2D eigenvalue weighted by Crippen LogP contribution is 2.20. The zero-order chi connectivity index (χ0) is 19.4. The summed E-state index contributed by atoms with van der Waals surface area (Å²) < 4.78 is 5.12. The van der Waals surface area contributed by atoms with Crippen LogP contribution in [0, 0.1) is 6.92 Å². The van der Waals surface area contributed by atoms with Gasteiger partial charge in [0.05, 0.1) is 6.26 Å². The molecule has 1 aromatic heterocycles. The predicted octanol–water partition coefficient (Wildman–Crippen LogP) is 2.55. The van der Waals surface area contributed by atoms with Gasteiger partial charge in [0.25, 0.3) is 5.91 Å². The number of carbonyl (C=O) groups excluding carboxylic acids is 3. The summed E-state index contributed by atoms with van der Waals surface area (Å²) in [5, 5.41) is 3.23. The summed E-state index contributed by atoms with van der Waals surface area (Å²) in [6.45, 7) is 3.42. The van der Waals surface area contributed by atoms with E-state index >= 15 is 0 Å². The van der Waals surface area contributed by atoms with E-state index in [1.54, 1.807) is 40.1 Å². The fourth-order valence-electron chi connectivity index (χ4n) is 2.89. The van der Waals surface area contributed by atoms with Crippen molar-refractivity contribution in [3.05, 3.63) is 52.9 Å². The molecule has 2 aromatic rings. The van der Waals surface area contributed by atoms with E-state index in [1.807, 2.05) is 6.92 Å². The van der Waals surface area contributed by atoms with Gasteiger partial charge in [-0.25, -0.2) is 0 Å². The number of furan rings is 1. The molecule has 142 valence electrons. The summed E-state index contributed by atoms with van der Waals surface area (Å²) in [5.41, 5.74) is 1.46. The predicted molar refractivity (Wildman–Crippen MR) is 101 cm³/mol. The molecular formula is C19H20ClN3O4. The third-order valence-electron chi connectivity index (χ3n) is 4.44. The summed E-state index contributed by atoms with van der Waals surface area (Å²) in [6, 6.07) is 8.46. The summed E-state index contributed by atoms with van der Waals surface area (Å²) in [5.74, 6) is -0.566. The van der Waals surface area contributed by atoms with Crippen molar-refractivity contribution in [1.82, 2.24) is 9.80 Å². The highest BCUT2D eigenvalue weighted by atomic mass is 35.5. The number of benzene rings is 1. The van der Waals surface area contributed by atoms with Crippen LogP contribution in [0.4, 0.5) is 5.69 Å². The van der Waals surface area contributed by atoms with Gasteiger partial charge in [0.2, 0.25) is 11.8 Å². The smallest absolute Gasteiger partial charge is 0.289 e. The van der Waals surface area contributed by atoms with Crippen LogP contribution in [0.2, 0.25) is 5.02 Å². The van der Waals surface area contributed by atoms with Crippen LogP contribution in [0.5, 0.6) is 0 Å². The maximum absolute atomic E-state index is 12.4. The number of nitrogens with one attached hydrogen (secondary N) is 1. The second kappa shape index (κ2) is 8.26. The molecule has 8 heteroatoms. The summed E-state index contributed by atoms with van der Waals surface area (Å²) >= 11 is 5.94. The maximum atomic E-state index is 12.4. The first kappa shape index (κ1) is 19.0. The quantitative estimate of drug-likeness (QED) is 0.814. The molecule has 1 N–H and O–H groups in total. The van der Waals surface area contributed by atoms with E-state index in [2.05, 4.69) is 5.32 Å². The minimum atomic E-state index is -0.389. The summed E-state index contributed by atoms with van der Waals surface area (Å²) in [4.78, 5) is 40.0. The minimum Gasteiger partial charge on any atom is -0.459 e. The second-order valence-electron chi connectivity index (χ2n) is 6.33. The van der Waals surface area contributed by atoms with Crippen LogP contribution in [0.15, 0.2) is 41.0 Å². The summed E-state index contributed by atoms with van der Waals surface area (Å²) in [7, 11) is 0. The lowest BCUT2D eigenvalue weighted by molar-refractivity contribution is -0.135. The van der Waals surface area contributed by atoms with Crippen molar-refractivity contribution in [3.8, 4) is 0 Å². The fraction of sp³-hybridized carbons (Fsp3) is 0.316. The number of hydrogen-bond donors (Lipinski definition) is 1. The van der Waals surface area contributed by atoms with Gasteiger partial charge in [0, 0.05) is 36.9 Å². The van der Waals surface area contributed by atoms with Crippen molar-refractivity contribution in [2.24, 2.45) is 0 Å². The average molecular weight is 390 g/mol. The van der Waals surface area contributed by atoms with Gasteiger partial charge in [-0.15, -0.1) is 0 Å². The number of amides is 3. The van der Waals surface area contributed by atoms with Crippen molar-refractivity contribution < 1.29 is 18.8 Å². The van der Waals surface area contributed by atoms with Crippen molar-refractivity contribution >= 4 is 35.0 Å². The Kier molecular flexibility index (Phi) is 5.81. The molecule has 1 aromatic carbocycles. The Bertz CT molecular complexity index is 843. The number of anilines is 1. The molecular weight excluding hydrogens is 370 g/mol. The first-order valence-corrected chi connectivity index (χ1v) is 8.98. The highest BCUT2D eigenvalue weighted by molar-refractivity contribution is 6.31. The Hall–Kier alpha value is -2.80. The van der Waals surface area contributed by atoms with E-state index in [4.69, 9.17) is 16.0 Å². The molecule has 0 saturated carbocycles. The molecule has 3 amide bonds. The number of halogens is 1. The van der Waals surface area contributed by atoms with Gasteiger partial charge in [-0.05, 0) is 36.8 Å². The van der Waals surface area contributed by atoms with E-state index in [9.17, 15) is 14.4 Å². The van der Waals surface area contributed by atoms with Crippen molar-refractivity contribution in [2.75, 3.05) is 31.5 Å². The lowest BCUT2D eigenvalue weighted by atomic mass is 10.2. The lowest BCUT2D eigenvalue weighted by Gasteiger charge is -2.34. The van der Waals surface area contributed by atoms with Gasteiger partial charge in [-0.3, -0.25) is 14.4 Å². The molecule has 1 aliphatic rings. The SMILES string of the molecule is Cc1ccc(Cl)cc1NC(=O)CC(=O)N1CCN(C(=O)c2ccco2)CC1. The van der Waals surface area contributed by atoms with Crippen LogP contribution in [-0.4, -0.2) is 53.7 Å². The molecule has 1 aliphatic heterocycles. The Morgan fingerprint density at radius 2 is 1.81 bits per heavy atom. The van der Waals surface area contributed by atoms with Crippen LogP contribution in [0.25, 0.3) is 0 Å². The maximum Gasteiger partial charge on any atom is 0.289 e. The number of carbonyl (C=O) groups is 3. The van der Waals surface area contributed by atoms with Crippen LogP contribution in [0.3, 0.4) is 0 Å². The van der Waals surface area contributed by atoms with E-state index < -0.39 is 0 Å². The summed E-state index contributed by atoms with van der Waals surface area (Å²) in [6.07, 6.45) is 1.20. The molecule has 0 radical (unpaired) electrons. The fourth-order valence-corrected chi connectivity index (χ4v) is 3.06. The van der Waals surface area contributed by atoms with Gasteiger partial charge in [-0.2, -0.15) is 0 Å². The van der Waals surface area contributed by atoms with Crippen LogP contribution in [0.1, 0.15) is 22.5 Å². The zero-order valence-corrected chi connectivity index (χ0v) is 15.7. The number of rotatable bonds is 4. The molecule has 0 spiro atoms. The Labute approximate surface area is 161 Å². The topological polar surface area (TPSA) is 82.9 Å². The number of piperazine rings is 1. The molecule has 0 unspecified atom stereocenters. The number of nitrogens with zero attached hydrogens (tertiary/aromatic N) is 2. The van der Waals surface area contributed by atoms with E-state index in [1.165, 1.54) is 6.26 Å². The normalized spacial score (nSPS) is 14.1. The van der Waals surface area contributed by atoms with Gasteiger partial charge in [0.15, 0.2) is 5.76 Å². The molecule has 1 fully saturated rings. The van der Waals surface area contributed by atoms with E-state index in [-0.39, 0.29) is 29.9 Å². The monoisotopic (exact) mass is 389 g/mol. The van der Waals surface area contributed by atoms with Crippen LogP contribution in [-0.2, 0) is 9.59 Å². The van der Waals surface area contributed by atoms with Gasteiger partial charge >= 0.3 is 0 Å². The molecule has 2 heterocycles. The average Bonchev–Trinajstić information content (AvgIpc) is 3.19. The molecule has 0 bridgehead atoms. The van der Waals surface area contributed by atoms with Crippen LogP contribution >= 0.6 is 11.6 Å². The van der Waals surface area contributed by atoms with E-state index in [0.717, 1.165) is 5.56 Å². The Morgan fingerprint density at radius 1 is 1.11 bits per heavy atom. The third-order valence-corrected chi connectivity index (χ3v) is 4.67. The molecule has 0 aliphatic carbocycles. The lowest BCUT2D eigenvalue weighted by Crippen LogP contribution is -2.51. The molecule has 0 atom stereocenters. The molecule has 1 saturated heterocycles. The molecule has 3 rings (SSSR count). The van der Waals surface area contributed by atoms with Gasteiger partial charge in [0.1, 0.15) is 6.42 Å². The van der Waals surface area contributed by atoms with Crippen LogP contribution < -0.4 is 5.32 Å². The second-order valence-corrected chi connectivity index (χ2v) is 6.77. The van der Waals surface area contributed by atoms with Gasteiger partial charge < -0.3 is 19.5 Å². The first-order valence-electron chi connectivity index (χ1n) is 8.60. The minimum absolute atomic E-state index is 0.193. The molecule has 27 heavy (non-hydrogen) atoms. The number of hydrogen-bond acceptors (Lipinski definition) is 4. The van der Waals surface area contributed by atoms with Crippen molar-refractivity contribution in [3.63, 3.8) is 0 Å². The third kappa shape index (κ3) is 4.68. The van der Waals surface area contributed by atoms with E-state index in [0.29, 0.717) is 36.9 Å². The van der Waals surface area contributed by atoms with Crippen molar-refractivity contribution in [1.29, 1.82) is 0 Å². The first-order chi connectivity index (χ1) is 12.9. The Morgan fingerprint density at radius 3 is 2.48 bits per heavy atom. The Balaban J connectivity index is 1.50. The van der Waals surface area contributed by atoms with Gasteiger partial charge in [-0.1, -0.05) is 17.7 Å². The molecule has 7 nitrogen and oxygen atoms in total. The zero-order valence-electron chi connectivity index (χ0n) is 14.9.